The van der Waals surface area contributed by atoms with Crippen molar-refractivity contribution in [2.45, 2.75) is 13.0 Å². The predicted molar refractivity (Wildman–Crippen MR) is 101 cm³/mol. The largest absolute Gasteiger partial charge is 0.493 e. The van der Waals surface area contributed by atoms with Gasteiger partial charge in [0.15, 0.2) is 0 Å². The zero-order valence-electron chi connectivity index (χ0n) is 14.0. The first-order chi connectivity index (χ1) is 12.4. The van der Waals surface area contributed by atoms with E-state index in [1.165, 1.54) is 16.5 Å². The zero-order valence-corrected chi connectivity index (χ0v) is 14.8. The van der Waals surface area contributed by atoms with Gasteiger partial charge in [-0.3, -0.25) is 4.90 Å². The van der Waals surface area contributed by atoms with E-state index in [0.29, 0.717) is 0 Å². The Morgan fingerprint density at radius 3 is 2.92 bits per heavy atom. The SMILES string of the molecule is c1nc(N2CCN(Cc3ccc4c(c3)CCO4)CC2)c2ccsc2n1. The van der Waals surface area contributed by atoms with Gasteiger partial charge in [-0.05, 0) is 28.6 Å². The van der Waals surface area contributed by atoms with Crippen LogP contribution in [0.1, 0.15) is 11.1 Å². The van der Waals surface area contributed by atoms with Crippen LogP contribution in [-0.2, 0) is 13.0 Å². The monoisotopic (exact) mass is 352 g/mol. The van der Waals surface area contributed by atoms with Crippen molar-refractivity contribution in [3.63, 3.8) is 0 Å². The maximum atomic E-state index is 5.60. The third-order valence-electron chi connectivity index (χ3n) is 5.07. The molecular weight excluding hydrogens is 332 g/mol. The Hall–Kier alpha value is -2.18. The van der Waals surface area contributed by atoms with E-state index in [0.717, 1.165) is 62.1 Å². The second-order valence-corrected chi connectivity index (χ2v) is 7.54. The first kappa shape index (κ1) is 15.1. The van der Waals surface area contributed by atoms with Crippen LogP contribution in [0.5, 0.6) is 5.75 Å². The van der Waals surface area contributed by atoms with E-state index in [9.17, 15) is 0 Å². The number of aromatic nitrogens is 2. The Morgan fingerprint density at radius 1 is 1.08 bits per heavy atom. The van der Waals surface area contributed by atoms with Crippen molar-refractivity contribution in [2.24, 2.45) is 0 Å². The Kier molecular flexibility index (Phi) is 3.79. The quantitative estimate of drug-likeness (QED) is 0.725. The first-order valence-corrected chi connectivity index (χ1v) is 9.65. The third-order valence-corrected chi connectivity index (χ3v) is 5.89. The van der Waals surface area contributed by atoms with Crippen LogP contribution in [0.25, 0.3) is 10.2 Å². The van der Waals surface area contributed by atoms with Crippen molar-refractivity contribution in [1.82, 2.24) is 14.9 Å². The van der Waals surface area contributed by atoms with Gasteiger partial charge in [0, 0.05) is 39.1 Å². The summed E-state index contributed by atoms with van der Waals surface area (Å²) < 4.78 is 5.60. The van der Waals surface area contributed by atoms with Crippen LogP contribution < -0.4 is 9.64 Å². The molecule has 0 atom stereocenters. The van der Waals surface area contributed by atoms with Crippen molar-refractivity contribution in [2.75, 3.05) is 37.7 Å². The second-order valence-electron chi connectivity index (χ2n) is 6.64. The van der Waals surface area contributed by atoms with E-state index >= 15 is 0 Å². The summed E-state index contributed by atoms with van der Waals surface area (Å²) in [7, 11) is 0. The van der Waals surface area contributed by atoms with Gasteiger partial charge in [-0.15, -0.1) is 11.3 Å². The maximum Gasteiger partial charge on any atom is 0.140 e. The van der Waals surface area contributed by atoms with Gasteiger partial charge in [0.25, 0.3) is 0 Å². The number of benzene rings is 1. The summed E-state index contributed by atoms with van der Waals surface area (Å²) in [5.41, 5.74) is 2.75. The minimum absolute atomic E-state index is 0.827. The second kappa shape index (κ2) is 6.28. The van der Waals surface area contributed by atoms with Crippen LogP contribution in [0.2, 0.25) is 0 Å². The van der Waals surface area contributed by atoms with E-state index in [-0.39, 0.29) is 0 Å². The predicted octanol–water partition coefficient (Wildman–Crippen LogP) is 2.95. The summed E-state index contributed by atoms with van der Waals surface area (Å²) in [6, 6.07) is 8.78. The molecule has 2 aliphatic rings. The average Bonchev–Trinajstić information content (AvgIpc) is 3.31. The molecule has 2 aliphatic heterocycles. The summed E-state index contributed by atoms with van der Waals surface area (Å²) in [6.45, 7) is 5.98. The van der Waals surface area contributed by atoms with Gasteiger partial charge < -0.3 is 9.64 Å². The van der Waals surface area contributed by atoms with Gasteiger partial charge in [0.1, 0.15) is 22.7 Å². The molecule has 0 N–H and O–H groups in total. The molecule has 5 nitrogen and oxygen atoms in total. The van der Waals surface area contributed by atoms with Gasteiger partial charge >= 0.3 is 0 Å². The van der Waals surface area contributed by atoms with Crippen molar-refractivity contribution in [1.29, 1.82) is 0 Å². The van der Waals surface area contributed by atoms with Gasteiger partial charge in [-0.2, -0.15) is 0 Å². The molecule has 2 aromatic heterocycles. The van der Waals surface area contributed by atoms with Gasteiger partial charge in [-0.1, -0.05) is 12.1 Å². The number of hydrogen-bond acceptors (Lipinski definition) is 6. The summed E-state index contributed by atoms with van der Waals surface area (Å²) in [5.74, 6) is 2.15. The molecule has 1 fully saturated rings. The smallest absolute Gasteiger partial charge is 0.140 e. The van der Waals surface area contributed by atoms with Crippen LogP contribution in [-0.4, -0.2) is 47.7 Å². The first-order valence-electron chi connectivity index (χ1n) is 8.77. The number of ether oxygens (including phenoxy) is 1. The standard InChI is InChI=1S/C19H20N4OS/c1-2-17-15(3-9-24-17)11-14(1)12-22-5-7-23(8-6-22)18-16-4-10-25-19(16)21-13-20-18/h1-2,4,10-11,13H,3,5-9,12H2. The number of thiophene rings is 1. The Morgan fingerprint density at radius 2 is 2.00 bits per heavy atom. The molecule has 0 bridgehead atoms. The highest BCUT2D eigenvalue weighted by atomic mass is 32.1. The minimum Gasteiger partial charge on any atom is -0.493 e. The van der Waals surface area contributed by atoms with E-state index in [1.807, 2.05) is 0 Å². The Labute approximate surface area is 150 Å². The van der Waals surface area contributed by atoms with Crippen LogP contribution >= 0.6 is 11.3 Å². The molecule has 0 unspecified atom stereocenters. The van der Waals surface area contributed by atoms with E-state index in [1.54, 1.807) is 17.7 Å². The lowest BCUT2D eigenvalue weighted by Gasteiger charge is -2.35. The number of anilines is 1. The summed E-state index contributed by atoms with van der Waals surface area (Å²) >= 11 is 1.68. The highest BCUT2D eigenvalue weighted by molar-refractivity contribution is 7.16. The maximum absolute atomic E-state index is 5.60. The van der Waals surface area contributed by atoms with E-state index in [4.69, 9.17) is 4.74 Å². The van der Waals surface area contributed by atoms with Crippen molar-refractivity contribution in [3.05, 3.63) is 47.1 Å². The fourth-order valence-corrected chi connectivity index (χ4v) is 4.47. The Balaban J connectivity index is 1.26. The molecule has 0 amide bonds. The van der Waals surface area contributed by atoms with Crippen molar-refractivity contribution >= 4 is 27.4 Å². The molecule has 0 aliphatic carbocycles. The minimum atomic E-state index is 0.827. The molecule has 4 heterocycles. The Bertz CT molecular complexity index is 901. The summed E-state index contributed by atoms with van der Waals surface area (Å²) in [5, 5.41) is 3.27. The number of fused-ring (bicyclic) bond motifs is 2. The molecule has 3 aromatic rings. The molecule has 0 spiro atoms. The lowest BCUT2D eigenvalue weighted by molar-refractivity contribution is 0.249. The third kappa shape index (κ3) is 2.85. The van der Waals surface area contributed by atoms with Gasteiger partial charge in [0.2, 0.25) is 0 Å². The fourth-order valence-electron chi connectivity index (χ4n) is 3.74. The molecule has 6 heteroatoms. The molecule has 25 heavy (non-hydrogen) atoms. The average molecular weight is 352 g/mol. The molecule has 0 saturated carbocycles. The lowest BCUT2D eigenvalue weighted by atomic mass is 10.1. The number of nitrogens with zero attached hydrogens (tertiary/aromatic N) is 4. The normalized spacial score (nSPS) is 17.7. The summed E-state index contributed by atoms with van der Waals surface area (Å²) in [6.07, 6.45) is 2.73. The lowest BCUT2D eigenvalue weighted by Crippen LogP contribution is -2.46. The van der Waals surface area contributed by atoms with Gasteiger partial charge in [-0.25, -0.2) is 9.97 Å². The number of hydrogen-bond donors (Lipinski definition) is 0. The van der Waals surface area contributed by atoms with Crippen molar-refractivity contribution < 1.29 is 4.74 Å². The topological polar surface area (TPSA) is 41.5 Å². The van der Waals surface area contributed by atoms with E-state index in [2.05, 4.69) is 49.4 Å². The van der Waals surface area contributed by atoms with Crippen molar-refractivity contribution in [3.8, 4) is 5.75 Å². The molecule has 1 saturated heterocycles. The van der Waals surface area contributed by atoms with E-state index < -0.39 is 0 Å². The molecule has 5 rings (SSSR count). The van der Waals surface area contributed by atoms with Crippen LogP contribution in [0.4, 0.5) is 5.82 Å². The molecule has 128 valence electrons. The highest BCUT2D eigenvalue weighted by Crippen LogP contribution is 2.28. The molecule has 0 radical (unpaired) electrons. The highest BCUT2D eigenvalue weighted by Gasteiger charge is 2.21. The number of rotatable bonds is 3. The van der Waals surface area contributed by atoms with Gasteiger partial charge in [0.05, 0.1) is 12.0 Å². The van der Waals surface area contributed by atoms with Crippen LogP contribution in [0, 0.1) is 0 Å². The molecular formula is C19H20N4OS. The zero-order chi connectivity index (χ0) is 16.6. The fraction of sp³-hybridized carbons (Fsp3) is 0.368. The number of piperazine rings is 1. The van der Waals surface area contributed by atoms with Crippen LogP contribution in [0.3, 0.4) is 0 Å². The molecule has 1 aromatic carbocycles. The summed E-state index contributed by atoms with van der Waals surface area (Å²) in [4.78, 5) is 14.9. The van der Waals surface area contributed by atoms with Crippen LogP contribution in [0.15, 0.2) is 36.0 Å².